The van der Waals surface area contributed by atoms with E-state index in [1.54, 1.807) is 18.2 Å². The number of carbonyl (C=O) groups is 1. The van der Waals surface area contributed by atoms with Crippen LogP contribution in [0.1, 0.15) is 16.2 Å². The number of aromatic amines is 1. The van der Waals surface area contributed by atoms with Crippen LogP contribution in [0.3, 0.4) is 0 Å². The van der Waals surface area contributed by atoms with Crippen molar-refractivity contribution < 1.29 is 4.79 Å². The van der Waals surface area contributed by atoms with Crippen LogP contribution in [0.2, 0.25) is 0 Å². The number of H-pyrrole nitrogens is 1. The van der Waals surface area contributed by atoms with E-state index in [-0.39, 0.29) is 0 Å². The minimum atomic E-state index is -0.498. The van der Waals surface area contributed by atoms with Crippen LogP contribution in [-0.2, 0) is 0 Å². The molecule has 7 heteroatoms. The summed E-state index contributed by atoms with van der Waals surface area (Å²) in [6.07, 6.45) is 0. The van der Waals surface area contributed by atoms with Crippen molar-refractivity contribution in [1.82, 2.24) is 15.2 Å². The van der Waals surface area contributed by atoms with Crippen molar-refractivity contribution in [1.29, 1.82) is 0 Å². The molecule has 0 saturated heterocycles. The van der Waals surface area contributed by atoms with Gasteiger partial charge in [-0.05, 0) is 36.9 Å². The number of rotatable bonds is 3. The van der Waals surface area contributed by atoms with Gasteiger partial charge in [0, 0.05) is 16.1 Å². The summed E-state index contributed by atoms with van der Waals surface area (Å²) in [5.41, 5.74) is 11.8. The van der Waals surface area contributed by atoms with Crippen LogP contribution in [0.4, 0.5) is 5.69 Å². The Hall–Kier alpha value is -2.02. The first-order valence-corrected chi connectivity index (χ1v) is 5.64. The molecule has 0 saturated carbocycles. The summed E-state index contributed by atoms with van der Waals surface area (Å²) in [6, 6.07) is 4.90. The Morgan fingerprint density at radius 2 is 2.24 bits per heavy atom. The Morgan fingerprint density at radius 3 is 2.76 bits per heavy atom. The predicted octanol–water partition coefficient (Wildman–Crippen LogP) is 0.945. The van der Waals surface area contributed by atoms with Gasteiger partial charge in [-0.25, -0.2) is 4.98 Å². The molecular formula is C10H11N5OS. The zero-order valence-corrected chi connectivity index (χ0v) is 9.91. The second-order valence-corrected chi connectivity index (χ2v) is 4.43. The van der Waals surface area contributed by atoms with E-state index in [0.717, 1.165) is 10.7 Å². The van der Waals surface area contributed by atoms with Gasteiger partial charge in [0.05, 0.1) is 0 Å². The molecule has 0 bridgehead atoms. The first-order valence-electron chi connectivity index (χ1n) is 4.82. The second kappa shape index (κ2) is 4.46. The van der Waals surface area contributed by atoms with E-state index in [4.69, 9.17) is 11.5 Å². The van der Waals surface area contributed by atoms with E-state index in [9.17, 15) is 4.79 Å². The molecule has 1 aromatic carbocycles. The first-order chi connectivity index (χ1) is 8.06. The lowest BCUT2D eigenvalue weighted by molar-refractivity contribution is 0.100. The molecule has 0 unspecified atom stereocenters. The molecule has 0 spiro atoms. The smallest absolute Gasteiger partial charge is 0.248 e. The highest BCUT2D eigenvalue weighted by atomic mass is 32.2. The number of nitrogen functional groups attached to an aromatic ring is 1. The molecule has 88 valence electrons. The second-order valence-electron chi connectivity index (χ2n) is 3.42. The number of hydrogen-bond acceptors (Lipinski definition) is 5. The normalized spacial score (nSPS) is 10.4. The monoisotopic (exact) mass is 249 g/mol. The molecule has 0 aliphatic rings. The summed E-state index contributed by atoms with van der Waals surface area (Å²) >= 11 is 1.32. The fourth-order valence-corrected chi connectivity index (χ4v) is 2.04. The van der Waals surface area contributed by atoms with E-state index in [1.807, 2.05) is 6.92 Å². The molecule has 2 aromatic rings. The summed E-state index contributed by atoms with van der Waals surface area (Å²) < 4.78 is 0. The number of nitrogens with one attached hydrogen (secondary N) is 1. The lowest BCUT2D eigenvalue weighted by Gasteiger charge is -2.03. The lowest BCUT2D eigenvalue weighted by atomic mass is 10.2. The van der Waals surface area contributed by atoms with E-state index in [1.165, 1.54) is 11.8 Å². The average molecular weight is 249 g/mol. The van der Waals surface area contributed by atoms with E-state index < -0.39 is 5.91 Å². The molecule has 0 aliphatic carbocycles. The fraction of sp³-hybridized carbons (Fsp3) is 0.100. The highest BCUT2D eigenvalue weighted by Gasteiger charge is 2.08. The predicted molar refractivity (Wildman–Crippen MR) is 64.6 cm³/mol. The van der Waals surface area contributed by atoms with Crippen molar-refractivity contribution in [3.05, 3.63) is 29.6 Å². The van der Waals surface area contributed by atoms with Crippen LogP contribution >= 0.6 is 11.8 Å². The Balaban J connectivity index is 2.25. The van der Waals surface area contributed by atoms with Gasteiger partial charge < -0.3 is 11.5 Å². The van der Waals surface area contributed by atoms with Crippen molar-refractivity contribution in [2.45, 2.75) is 17.0 Å². The van der Waals surface area contributed by atoms with Crippen LogP contribution < -0.4 is 11.5 Å². The Bertz CT molecular complexity index is 566. The minimum absolute atomic E-state index is 0.387. The Labute approximate surface area is 102 Å². The van der Waals surface area contributed by atoms with Gasteiger partial charge in [0.25, 0.3) is 0 Å². The maximum Gasteiger partial charge on any atom is 0.248 e. The topological polar surface area (TPSA) is 111 Å². The molecule has 17 heavy (non-hydrogen) atoms. The molecule has 0 fully saturated rings. The molecule has 2 rings (SSSR count). The number of aromatic nitrogens is 3. The maximum absolute atomic E-state index is 11.0. The number of anilines is 1. The van der Waals surface area contributed by atoms with Crippen molar-refractivity contribution in [3.8, 4) is 0 Å². The third kappa shape index (κ3) is 2.56. The first kappa shape index (κ1) is 11.5. The van der Waals surface area contributed by atoms with Crippen molar-refractivity contribution in [2.75, 3.05) is 5.73 Å². The lowest BCUT2D eigenvalue weighted by Crippen LogP contribution is -2.11. The maximum atomic E-state index is 11.0. The highest BCUT2D eigenvalue weighted by Crippen LogP contribution is 2.30. The molecule has 1 heterocycles. The average Bonchev–Trinajstić information content (AvgIpc) is 2.67. The number of benzene rings is 1. The summed E-state index contributed by atoms with van der Waals surface area (Å²) in [7, 11) is 0. The number of amides is 1. The fourth-order valence-electron chi connectivity index (χ4n) is 1.26. The Morgan fingerprint density at radius 1 is 1.47 bits per heavy atom. The molecular weight excluding hydrogens is 238 g/mol. The van der Waals surface area contributed by atoms with Crippen LogP contribution in [0.25, 0.3) is 0 Å². The summed E-state index contributed by atoms with van der Waals surface area (Å²) in [6.45, 7) is 1.82. The zero-order chi connectivity index (χ0) is 12.4. The van der Waals surface area contributed by atoms with E-state index in [2.05, 4.69) is 15.2 Å². The van der Waals surface area contributed by atoms with Gasteiger partial charge in [0.15, 0.2) is 0 Å². The number of hydrogen-bond donors (Lipinski definition) is 3. The molecule has 5 N–H and O–H groups in total. The van der Waals surface area contributed by atoms with Crippen molar-refractivity contribution in [3.63, 3.8) is 0 Å². The van der Waals surface area contributed by atoms with Gasteiger partial charge in [-0.1, -0.05) is 0 Å². The van der Waals surface area contributed by atoms with Crippen LogP contribution in [0.15, 0.2) is 28.3 Å². The molecule has 6 nitrogen and oxygen atoms in total. The number of carbonyl (C=O) groups excluding carboxylic acids is 1. The van der Waals surface area contributed by atoms with E-state index >= 15 is 0 Å². The van der Waals surface area contributed by atoms with E-state index in [0.29, 0.717) is 16.4 Å². The van der Waals surface area contributed by atoms with Gasteiger partial charge in [-0.2, -0.15) is 0 Å². The molecule has 1 amide bonds. The van der Waals surface area contributed by atoms with Gasteiger partial charge in [-0.3, -0.25) is 9.89 Å². The highest BCUT2D eigenvalue weighted by molar-refractivity contribution is 7.99. The van der Waals surface area contributed by atoms with Crippen LogP contribution in [0.5, 0.6) is 0 Å². The molecule has 0 atom stereocenters. The summed E-state index contributed by atoms with van der Waals surface area (Å²) in [5.74, 6) is 0.238. The van der Waals surface area contributed by atoms with Gasteiger partial charge in [0.2, 0.25) is 11.1 Å². The number of primary amides is 1. The molecule has 1 aromatic heterocycles. The van der Waals surface area contributed by atoms with Gasteiger partial charge in [-0.15, -0.1) is 5.10 Å². The standard InChI is InChI=1S/C10H11N5OS/c1-5-13-10(15-14-5)17-8-3-2-6(9(12)16)4-7(8)11/h2-4H,11H2,1H3,(H2,12,16)(H,13,14,15). The Kier molecular flexibility index (Phi) is 3.01. The number of nitrogens with zero attached hydrogens (tertiary/aromatic N) is 2. The SMILES string of the molecule is Cc1nc(Sc2ccc(C(N)=O)cc2N)n[nH]1. The number of aryl methyl sites for hydroxylation is 1. The quantitative estimate of drug-likeness (QED) is 0.701. The van der Waals surface area contributed by atoms with Crippen molar-refractivity contribution in [2.24, 2.45) is 5.73 Å². The minimum Gasteiger partial charge on any atom is -0.398 e. The van der Waals surface area contributed by atoms with Crippen LogP contribution in [-0.4, -0.2) is 21.1 Å². The molecule has 0 aliphatic heterocycles. The third-order valence-corrected chi connectivity index (χ3v) is 3.03. The largest absolute Gasteiger partial charge is 0.398 e. The van der Waals surface area contributed by atoms with Crippen LogP contribution in [0, 0.1) is 6.92 Å². The van der Waals surface area contributed by atoms with Gasteiger partial charge in [0.1, 0.15) is 5.82 Å². The summed E-state index contributed by atoms with van der Waals surface area (Å²) in [5, 5.41) is 7.31. The number of nitrogens with two attached hydrogens (primary N) is 2. The van der Waals surface area contributed by atoms with Gasteiger partial charge >= 0.3 is 0 Å². The van der Waals surface area contributed by atoms with Crippen molar-refractivity contribution >= 4 is 23.4 Å². The zero-order valence-electron chi connectivity index (χ0n) is 9.10. The molecule has 0 radical (unpaired) electrons. The summed E-state index contributed by atoms with van der Waals surface area (Å²) in [4.78, 5) is 15.9. The third-order valence-electron chi connectivity index (χ3n) is 2.07.